The average Bonchev–Trinajstić information content (AvgIpc) is 2.44. The third-order valence-corrected chi connectivity index (χ3v) is 3.09. The molecular weight excluding hydrogens is 264 g/mol. The highest BCUT2D eigenvalue weighted by molar-refractivity contribution is 5.69. The number of ether oxygens (including phenoxy) is 3. The van der Waals surface area contributed by atoms with E-state index >= 15 is 0 Å². The number of carbonyl (C=O) groups is 1. The van der Waals surface area contributed by atoms with Crippen molar-refractivity contribution >= 4 is 5.97 Å². The fourth-order valence-corrected chi connectivity index (χ4v) is 1.95. The smallest absolute Gasteiger partial charge is 0.306 e. The lowest BCUT2D eigenvalue weighted by Gasteiger charge is -2.20. The molecule has 0 amide bonds. The van der Waals surface area contributed by atoms with Crippen molar-refractivity contribution in [2.45, 2.75) is 19.4 Å². The van der Waals surface area contributed by atoms with Gasteiger partial charge in [0, 0.05) is 5.56 Å². The summed E-state index contributed by atoms with van der Waals surface area (Å²) in [6.07, 6.45) is -0.878. The molecule has 0 aliphatic heterocycles. The molecule has 1 rings (SSSR count). The number of hydrogen-bond donors (Lipinski definition) is 2. The van der Waals surface area contributed by atoms with Gasteiger partial charge in [-0.15, -0.1) is 0 Å². The summed E-state index contributed by atoms with van der Waals surface area (Å²) in [4.78, 5) is 10.9. The van der Waals surface area contributed by atoms with Crippen LogP contribution in [0.4, 0.5) is 0 Å². The van der Waals surface area contributed by atoms with E-state index in [1.165, 1.54) is 21.3 Å². The quantitative estimate of drug-likeness (QED) is 0.795. The summed E-state index contributed by atoms with van der Waals surface area (Å²) in [6.45, 7) is 1.54. The Kier molecular flexibility index (Phi) is 5.64. The minimum atomic E-state index is -0.962. The number of rotatable bonds is 7. The minimum Gasteiger partial charge on any atom is -0.493 e. The molecule has 0 heterocycles. The number of aliphatic hydroxyl groups is 1. The van der Waals surface area contributed by atoms with Crippen molar-refractivity contribution < 1.29 is 29.2 Å². The van der Waals surface area contributed by atoms with Gasteiger partial charge in [-0.3, -0.25) is 4.79 Å². The lowest BCUT2D eigenvalue weighted by atomic mass is 9.97. The third-order valence-electron chi connectivity index (χ3n) is 3.09. The Hall–Kier alpha value is -1.95. The molecule has 0 aliphatic carbocycles. The Morgan fingerprint density at radius 2 is 1.75 bits per heavy atom. The molecule has 0 radical (unpaired) electrons. The molecule has 1 aromatic carbocycles. The van der Waals surface area contributed by atoms with Crippen LogP contribution in [-0.4, -0.2) is 37.5 Å². The molecule has 0 spiro atoms. The Morgan fingerprint density at radius 1 is 1.15 bits per heavy atom. The Labute approximate surface area is 117 Å². The van der Waals surface area contributed by atoms with E-state index in [1.54, 1.807) is 19.1 Å². The maximum atomic E-state index is 10.9. The predicted molar refractivity (Wildman–Crippen MR) is 72.5 cm³/mol. The Balaban J connectivity index is 3.14. The van der Waals surface area contributed by atoms with Gasteiger partial charge in [-0.05, 0) is 18.6 Å². The molecule has 2 unspecified atom stereocenters. The van der Waals surface area contributed by atoms with E-state index < -0.39 is 18.0 Å². The molecular formula is C14H20O6. The highest BCUT2D eigenvalue weighted by atomic mass is 16.5. The lowest BCUT2D eigenvalue weighted by molar-refractivity contribution is -0.142. The second kappa shape index (κ2) is 7.00. The predicted octanol–water partition coefficient (Wildman–Crippen LogP) is 1.86. The summed E-state index contributed by atoms with van der Waals surface area (Å²) in [5, 5.41) is 19.1. The van der Waals surface area contributed by atoms with Gasteiger partial charge in [-0.2, -0.15) is 0 Å². The summed E-state index contributed by atoms with van der Waals surface area (Å²) >= 11 is 0. The van der Waals surface area contributed by atoms with Crippen molar-refractivity contribution in [3.8, 4) is 17.2 Å². The zero-order valence-corrected chi connectivity index (χ0v) is 12.0. The number of methoxy groups -OCH3 is 3. The topological polar surface area (TPSA) is 85.2 Å². The van der Waals surface area contributed by atoms with Gasteiger partial charge in [-0.25, -0.2) is 0 Å². The number of hydrogen-bond acceptors (Lipinski definition) is 5. The first-order chi connectivity index (χ1) is 9.46. The monoisotopic (exact) mass is 284 g/mol. The molecule has 1 aromatic rings. The number of benzene rings is 1. The van der Waals surface area contributed by atoms with Crippen LogP contribution in [-0.2, 0) is 4.79 Å². The second-order valence-electron chi connectivity index (χ2n) is 4.41. The maximum Gasteiger partial charge on any atom is 0.306 e. The van der Waals surface area contributed by atoms with Gasteiger partial charge in [0.05, 0.1) is 33.4 Å². The first-order valence-electron chi connectivity index (χ1n) is 6.15. The molecule has 20 heavy (non-hydrogen) atoms. The molecule has 0 bridgehead atoms. The van der Waals surface area contributed by atoms with Gasteiger partial charge >= 0.3 is 5.97 Å². The highest BCUT2D eigenvalue weighted by Gasteiger charge is 2.24. The van der Waals surface area contributed by atoms with E-state index in [4.69, 9.17) is 19.3 Å². The standard InChI is InChI=1S/C14H20O6/c1-8(14(16)17)7-10(15)9-5-6-11(18-2)13(20-4)12(9)19-3/h5-6,8,10,15H,7H2,1-4H3,(H,16,17). The number of aliphatic carboxylic acids is 1. The molecule has 6 heteroatoms. The Bertz CT molecular complexity index is 471. The van der Waals surface area contributed by atoms with Crippen LogP contribution in [0.25, 0.3) is 0 Å². The minimum absolute atomic E-state index is 0.0845. The van der Waals surface area contributed by atoms with Crippen LogP contribution >= 0.6 is 0 Å². The van der Waals surface area contributed by atoms with Crippen LogP contribution in [0.5, 0.6) is 17.2 Å². The van der Waals surface area contributed by atoms with Crippen LogP contribution in [0.3, 0.4) is 0 Å². The van der Waals surface area contributed by atoms with E-state index in [0.717, 1.165) is 0 Å². The van der Waals surface area contributed by atoms with E-state index in [2.05, 4.69) is 0 Å². The zero-order valence-electron chi connectivity index (χ0n) is 12.0. The molecule has 2 atom stereocenters. The largest absolute Gasteiger partial charge is 0.493 e. The van der Waals surface area contributed by atoms with E-state index in [9.17, 15) is 9.90 Å². The van der Waals surface area contributed by atoms with E-state index in [0.29, 0.717) is 22.8 Å². The number of aliphatic hydroxyl groups excluding tert-OH is 1. The molecule has 0 saturated carbocycles. The number of carboxylic acid groups (broad SMARTS) is 1. The van der Waals surface area contributed by atoms with E-state index in [-0.39, 0.29) is 6.42 Å². The van der Waals surface area contributed by atoms with Crippen molar-refractivity contribution in [3.63, 3.8) is 0 Å². The summed E-state index contributed by atoms with van der Waals surface area (Å²) in [5.41, 5.74) is 0.471. The van der Waals surface area contributed by atoms with Gasteiger partial charge in [0.25, 0.3) is 0 Å². The number of carboxylic acids is 1. The summed E-state index contributed by atoms with van der Waals surface area (Å²) in [5.74, 6) is -0.427. The van der Waals surface area contributed by atoms with Crippen molar-refractivity contribution in [3.05, 3.63) is 17.7 Å². The molecule has 0 aliphatic rings. The molecule has 112 valence electrons. The molecule has 0 saturated heterocycles. The first-order valence-corrected chi connectivity index (χ1v) is 6.15. The fourth-order valence-electron chi connectivity index (χ4n) is 1.95. The van der Waals surface area contributed by atoms with Crippen molar-refractivity contribution in [1.82, 2.24) is 0 Å². The van der Waals surface area contributed by atoms with Crippen LogP contribution in [0.15, 0.2) is 12.1 Å². The SMILES string of the molecule is COc1ccc(C(O)CC(C)C(=O)O)c(OC)c1OC. The average molecular weight is 284 g/mol. The van der Waals surface area contributed by atoms with E-state index in [1.807, 2.05) is 0 Å². The fraction of sp³-hybridized carbons (Fsp3) is 0.500. The van der Waals surface area contributed by atoms with Crippen LogP contribution in [0.2, 0.25) is 0 Å². The van der Waals surface area contributed by atoms with Gasteiger partial charge in [0.2, 0.25) is 5.75 Å². The lowest BCUT2D eigenvalue weighted by Crippen LogP contribution is -2.14. The van der Waals surface area contributed by atoms with Gasteiger partial charge in [-0.1, -0.05) is 6.92 Å². The third kappa shape index (κ3) is 3.33. The van der Waals surface area contributed by atoms with Crippen LogP contribution < -0.4 is 14.2 Å². The van der Waals surface area contributed by atoms with Gasteiger partial charge < -0.3 is 24.4 Å². The van der Waals surface area contributed by atoms with Gasteiger partial charge in [0.1, 0.15) is 0 Å². The van der Waals surface area contributed by atoms with Crippen molar-refractivity contribution in [1.29, 1.82) is 0 Å². The summed E-state index contributed by atoms with van der Waals surface area (Å²) < 4.78 is 15.6. The molecule has 0 fully saturated rings. The summed E-state index contributed by atoms with van der Waals surface area (Å²) in [7, 11) is 4.42. The zero-order chi connectivity index (χ0) is 15.3. The van der Waals surface area contributed by atoms with Crippen molar-refractivity contribution in [2.24, 2.45) is 5.92 Å². The van der Waals surface area contributed by atoms with Gasteiger partial charge in [0.15, 0.2) is 11.5 Å². The van der Waals surface area contributed by atoms with Crippen LogP contribution in [0, 0.1) is 5.92 Å². The molecule has 0 aromatic heterocycles. The second-order valence-corrected chi connectivity index (χ2v) is 4.41. The Morgan fingerprint density at radius 3 is 2.20 bits per heavy atom. The highest BCUT2D eigenvalue weighted by Crippen LogP contribution is 2.43. The van der Waals surface area contributed by atoms with Crippen LogP contribution in [0.1, 0.15) is 25.0 Å². The normalized spacial score (nSPS) is 13.4. The summed E-state index contributed by atoms with van der Waals surface area (Å²) in [6, 6.07) is 3.28. The maximum absolute atomic E-state index is 10.9. The molecule has 2 N–H and O–H groups in total. The van der Waals surface area contributed by atoms with Crippen molar-refractivity contribution in [2.75, 3.05) is 21.3 Å². The first kappa shape index (κ1) is 16.1. The molecule has 6 nitrogen and oxygen atoms in total.